The minimum atomic E-state index is -0.0139. The van der Waals surface area contributed by atoms with Gasteiger partial charge < -0.3 is 0 Å². The molecule has 4 rings (SSSR count). The van der Waals surface area contributed by atoms with Crippen LogP contribution in [0.25, 0.3) is 23.0 Å². The van der Waals surface area contributed by atoms with Crippen molar-refractivity contribution in [1.82, 2.24) is 40.3 Å². The van der Waals surface area contributed by atoms with E-state index in [2.05, 4.69) is 81.9 Å². The van der Waals surface area contributed by atoms with Gasteiger partial charge in [-0.2, -0.15) is 10.2 Å². The normalized spacial score (nSPS) is 11.3. The Balaban J connectivity index is 0.000000213. The molecule has 0 aliphatic rings. The molecule has 9 heteroatoms. The molecule has 0 atom stereocenters. The van der Waals surface area contributed by atoms with Gasteiger partial charge in [0.1, 0.15) is 23.0 Å². The second-order valence-electron chi connectivity index (χ2n) is 8.95. The number of hydrogen-bond acceptors (Lipinski definition) is 6. The number of hydrogen-bond donors (Lipinski definition) is 2. The first kappa shape index (κ1) is 24.5. The zero-order valence-corrected chi connectivity index (χ0v) is 20.9. The van der Waals surface area contributed by atoms with Crippen molar-refractivity contribution in [3.8, 4) is 23.0 Å². The number of rotatable bonds is 2. The average molecular weight is 600 g/mol. The van der Waals surface area contributed by atoms with Crippen molar-refractivity contribution in [3.05, 3.63) is 60.4 Å². The van der Waals surface area contributed by atoms with E-state index >= 15 is 0 Å². The number of H-pyrrole nitrogens is 2. The summed E-state index contributed by atoms with van der Waals surface area (Å²) < 4.78 is 0. The number of aromatic nitrogens is 8. The number of pyridine rings is 2. The van der Waals surface area contributed by atoms with Gasteiger partial charge in [-0.1, -0.05) is 53.7 Å². The molecule has 4 aromatic heterocycles. The van der Waals surface area contributed by atoms with Crippen LogP contribution in [0.2, 0.25) is 0 Å². The Kier molecular flexibility index (Phi) is 7.96. The molecule has 2 N–H and O–H groups in total. The van der Waals surface area contributed by atoms with Gasteiger partial charge in [0.15, 0.2) is 11.6 Å². The summed E-state index contributed by atoms with van der Waals surface area (Å²) in [6.07, 6.45) is 3.48. The maximum atomic E-state index is 4.42. The molecule has 8 nitrogen and oxygen atoms in total. The summed E-state index contributed by atoms with van der Waals surface area (Å²) >= 11 is 0. The average Bonchev–Trinajstić information content (AvgIpc) is 3.40. The quantitative estimate of drug-likeness (QED) is 0.355. The van der Waals surface area contributed by atoms with Crippen molar-refractivity contribution in [2.75, 3.05) is 0 Å². The zero-order valence-electron chi connectivity index (χ0n) is 18.6. The molecule has 0 saturated heterocycles. The van der Waals surface area contributed by atoms with E-state index in [0.717, 1.165) is 23.0 Å². The fourth-order valence-electron chi connectivity index (χ4n) is 2.41. The number of aromatic amines is 2. The van der Waals surface area contributed by atoms with Gasteiger partial charge in [0.2, 0.25) is 0 Å². The fraction of sp³-hybridized carbons (Fsp3) is 0.364. The van der Waals surface area contributed by atoms with Crippen LogP contribution in [0.3, 0.4) is 0 Å². The minimum Gasteiger partial charge on any atom is -0.262 e. The van der Waals surface area contributed by atoms with Crippen LogP contribution in [0.4, 0.5) is 0 Å². The second kappa shape index (κ2) is 10.1. The Morgan fingerprint density at radius 1 is 0.613 bits per heavy atom. The predicted molar refractivity (Wildman–Crippen MR) is 117 cm³/mol. The summed E-state index contributed by atoms with van der Waals surface area (Å²) in [5.74, 6) is 3.06. The molecule has 0 radical (unpaired) electrons. The maximum absolute atomic E-state index is 4.42. The molecule has 0 amide bonds. The minimum absolute atomic E-state index is 0. The van der Waals surface area contributed by atoms with Crippen LogP contribution < -0.4 is 0 Å². The summed E-state index contributed by atoms with van der Waals surface area (Å²) in [6, 6.07) is 11.4. The molecule has 0 fully saturated rings. The molecule has 0 saturated carbocycles. The first-order chi connectivity index (χ1) is 14.1. The van der Waals surface area contributed by atoms with E-state index in [9.17, 15) is 0 Å². The van der Waals surface area contributed by atoms with Crippen molar-refractivity contribution in [2.45, 2.75) is 52.4 Å². The van der Waals surface area contributed by atoms with Gasteiger partial charge in [0.05, 0.1) is 0 Å². The molecule has 0 unspecified atom stereocenters. The van der Waals surface area contributed by atoms with Crippen molar-refractivity contribution < 1.29 is 21.1 Å². The Morgan fingerprint density at radius 2 is 1.00 bits per heavy atom. The largest absolute Gasteiger partial charge is 0.262 e. The van der Waals surface area contributed by atoms with Crippen LogP contribution >= 0.6 is 0 Å². The Labute approximate surface area is 197 Å². The number of nitrogens with zero attached hydrogens (tertiary/aromatic N) is 6. The van der Waals surface area contributed by atoms with Gasteiger partial charge >= 0.3 is 0 Å². The summed E-state index contributed by atoms with van der Waals surface area (Å²) in [5.41, 5.74) is 1.56. The molecule has 0 bridgehead atoms. The molecule has 31 heavy (non-hydrogen) atoms. The molecule has 4 heterocycles. The van der Waals surface area contributed by atoms with E-state index in [4.69, 9.17) is 0 Å². The zero-order chi connectivity index (χ0) is 21.8. The Bertz CT molecular complexity index is 972. The van der Waals surface area contributed by atoms with Crippen LogP contribution in [0.1, 0.15) is 53.2 Å². The summed E-state index contributed by atoms with van der Waals surface area (Å²) in [4.78, 5) is 17.2. The summed E-state index contributed by atoms with van der Waals surface area (Å²) in [5, 5.41) is 14.2. The Morgan fingerprint density at radius 3 is 1.26 bits per heavy atom. The standard InChI is InChI=1S/2C11H14N4.Pt/c2*1-11(2,3)10-13-9(14-15-10)8-6-4-5-7-12-8;/h2*4-7H,1-3H3,(H,13,14,15);. The molecular formula is C22H28N8Pt. The summed E-state index contributed by atoms with van der Waals surface area (Å²) in [6.45, 7) is 12.6. The van der Waals surface area contributed by atoms with Gasteiger partial charge in [-0.05, 0) is 24.3 Å². The topological polar surface area (TPSA) is 109 Å². The van der Waals surface area contributed by atoms with Gasteiger partial charge in [0, 0.05) is 44.3 Å². The van der Waals surface area contributed by atoms with Crippen molar-refractivity contribution in [1.29, 1.82) is 0 Å². The molecular weight excluding hydrogens is 571 g/mol. The molecule has 0 aromatic carbocycles. The first-order valence-corrected chi connectivity index (χ1v) is 9.83. The predicted octanol–water partition coefficient (Wildman–Crippen LogP) is 4.33. The van der Waals surface area contributed by atoms with Gasteiger partial charge in [-0.3, -0.25) is 20.2 Å². The van der Waals surface area contributed by atoms with E-state index in [1.54, 1.807) is 12.4 Å². The van der Waals surface area contributed by atoms with Crippen LogP contribution in [0, 0.1) is 0 Å². The third-order valence-corrected chi connectivity index (χ3v) is 4.18. The SMILES string of the molecule is CC(C)(C)c1nc(-c2ccccn2)n[nH]1.CC(C)(C)c1nc(-c2ccccn2)n[nH]1.[Pt]. The van der Waals surface area contributed by atoms with Crippen LogP contribution in [-0.4, -0.2) is 40.3 Å². The third kappa shape index (κ3) is 6.62. The van der Waals surface area contributed by atoms with Gasteiger partial charge in [0.25, 0.3) is 0 Å². The van der Waals surface area contributed by atoms with Crippen LogP contribution in [-0.2, 0) is 31.9 Å². The van der Waals surface area contributed by atoms with E-state index in [1.807, 2.05) is 36.4 Å². The fourth-order valence-corrected chi connectivity index (χ4v) is 2.41. The smallest absolute Gasteiger partial charge is 0.199 e. The van der Waals surface area contributed by atoms with E-state index < -0.39 is 0 Å². The Hall–Kier alpha value is -2.73. The number of nitrogens with one attached hydrogen (secondary N) is 2. The van der Waals surface area contributed by atoms with E-state index in [1.165, 1.54) is 0 Å². The van der Waals surface area contributed by atoms with Crippen LogP contribution in [0.5, 0.6) is 0 Å². The second-order valence-corrected chi connectivity index (χ2v) is 8.95. The van der Waals surface area contributed by atoms with E-state index in [-0.39, 0.29) is 31.9 Å². The van der Waals surface area contributed by atoms with Crippen molar-refractivity contribution >= 4 is 0 Å². The van der Waals surface area contributed by atoms with Crippen molar-refractivity contribution in [3.63, 3.8) is 0 Å². The molecule has 4 aromatic rings. The molecule has 0 aliphatic carbocycles. The first-order valence-electron chi connectivity index (χ1n) is 9.83. The van der Waals surface area contributed by atoms with Gasteiger partial charge in [-0.15, -0.1) is 0 Å². The van der Waals surface area contributed by atoms with E-state index in [0.29, 0.717) is 11.6 Å². The molecule has 166 valence electrons. The molecule has 0 aliphatic heterocycles. The summed E-state index contributed by atoms with van der Waals surface area (Å²) in [7, 11) is 0. The van der Waals surface area contributed by atoms with Crippen molar-refractivity contribution in [2.24, 2.45) is 0 Å². The van der Waals surface area contributed by atoms with Gasteiger partial charge in [-0.25, -0.2) is 9.97 Å². The molecule has 0 spiro atoms. The maximum Gasteiger partial charge on any atom is 0.199 e. The monoisotopic (exact) mass is 599 g/mol. The third-order valence-electron chi connectivity index (χ3n) is 4.18. The van der Waals surface area contributed by atoms with Crippen LogP contribution in [0.15, 0.2) is 48.8 Å².